The van der Waals surface area contributed by atoms with Gasteiger partial charge < -0.3 is 18.8 Å². The molecule has 1 aliphatic heterocycles. The lowest BCUT2D eigenvalue weighted by molar-refractivity contribution is 0.0711. The zero-order valence-electron chi connectivity index (χ0n) is 20.3. The van der Waals surface area contributed by atoms with Crippen LogP contribution in [0.4, 0.5) is 0 Å². The van der Waals surface area contributed by atoms with Crippen molar-refractivity contribution in [3.63, 3.8) is 0 Å². The van der Waals surface area contributed by atoms with Crippen molar-refractivity contribution in [1.29, 1.82) is 0 Å². The summed E-state index contributed by atoms with van der Waals surface area (Å²) in [4.78, 5) is 20.6. The summed E-state index contributed by atoms with van der Waals surface area (Å²) in [5.74, 6) is 0.786. The van der Waals surface area contributed by atoms with Gasteiger partial charge in [0.15, 0.2) is 11.0 Å². The molecule has 1 fully saturated rings. The normalized spacial score (nSPS) is 16.4. The van der Waals surface area contributed by atoms with Crippen molar-refractivity contribution in [3.8, 4) is 11.3 Å². The van der Waals surface area contributed by atoms with E-state index in [0.29, 0.717) is 48.0 Å². The molecular formula is C27H31ClN2O4S. The second-order valence-corrected chi connectivity index (χ2v) is 10.1. The summed E-state index contributed by atoms with van der Waals surface area (Å²) < 4.78 is 17.2. The number of halogens is 1. The highest BCUT2D eigenvalue weighted by Gasteiger charge is 2.25. The average molecular weight is 515 g/mol. The molecule has 1 amide bonds. The third-order valence-electron chi connectivity index (χ3n) is 6.14. The molecule has 2 atom stereocenters. The van der Waals surface area contributed by atoms with E-state index in [1.165, 1.54) is 11.8 Å². The van der Waals surface area contributed by atoms with Crippen LogP contribution in [0.1, 0.15) is 48.9 Å². The maximum Gasteiger partial charge on any atom is 0.253 e. The minimum absolute atomic E-state index is 0.00630. The van der Waals surface area contributed by atoms with Gasteiger partial charge in [0.2, 0.25) is 0 Å². The molecule has 35 heavy (non-hydrogen) atoms. The molecule has 4 rings (SSSR count). The second kappa shape index (κ2) is 12.1. The molecule has 1 aromatic heterocycles. The van der Waals surface area contributed by atoms with E-state index in [1.54, 1.807) is 4.90 Å². The number of oxazole rings is 1. The predicted octanol–water partition coefficient (Wildman–Crippen LogP) is 6.54. The van der Waals surface area contributed by atoms with Crippen molar-refractivity contribution in [2.45, 2.75) is 48.6 Å². The summed E-state index contributed by atoms with van der Waals surface area (Å²) in [6.45, 7) is 6.72. The van der Waals surface area contributed by atoms with Crippen LogP contribution in [0.15, 0.2) is 62.9 Å². The van der Waals surface area contributed by atoms with Crippen molar-refractivity contribution in [3.05, 3.63) is 65.0 Å². The molecule has 0 radical (unpaired) electrons. The number of likely N-dealkylation sites (N-methyl/N-ethyl adjacent to an activating group) is 1. The summed E-state index contributed by atoms with van der Waals surface area (Å²) in [7, 11) is 1.84. The first kappa shape index (κ1) is 25.8. The summed E-state index contributed by atoms with van der Waals surface area (Å²) in [5, 5.41) is 1.40. The van der Waals surface area contributed by atoms with Crippen LogP contribution >= 0.6 is 23.4 Å². The van der Waals surface area contributed by atoms with Crippen molar-refractivity contribution < 1.29 is 18.7 Å². The Kier molecular flexibility index (Phi) is 8.89. The first-order valence-corrected chi connectivity index (χ1v) is 13.1. The Morgan fingerprint density at radius 1 is 1.23 bits per heavy atom. The van der Waals surface area contributed by atoms with Crippen molar-refractivity contribution in [1.82, 2.24) is 9.88 Å². The van der Waals surface area contributed by atoms with E-state index in [9.17, 15) is 4.79 Å². The monoisotopic (exact) mass is 514 g/mol. The van der Waals surface area contributed by atoms with Gasteiger partial charge in [0, 0.05) is 53.8 Å². The molecule has 2 unspecified atom stereocenters. The smallest absolute Gasteiger partial charge is 0.253 e. The maximum absolute atomic E-state index is 12.9. The Morgan fingerprint density at radius 2 is 1.97 bits per heavy atom. The van der Waals surface area contributed by atoms with Crippen LogP contribution < -0.4 is 0 Å². The van der Waals surface area contributed by atoms with Crippen molar-refractivity contribution >= 4 is 29.3 Å². The zero-order valence-corrected chi connectivity index (χ0v) is 21.9. The molecule has 3 aromatic rings. The Labute approximate surface area is 216 Å². The molecule has 2 aromatic carbocycles. The standard InChI is InChI=1S/C27H31ClN2O4S/c1-4-32-15-13-18(2)25-29-24(27(34-25)35-23-11-9-21(28)10-12-23)19-5-7-20(8-6-19)26(31)30(3)22-14-16-33-17-22/h5-12,18,22H,4,13-17H2,1-3H3. The predicted molar refractivity (Wildman–Crippen MR) is 138 cm³/mol. The number of amides is 1. The fourth-order valence-electron chi connectivity index (χ4n) is 3.89. The molecule has 0 saturated carbocycles. The molecule has 0 aliphatic carbocycles. The van der Waals surface area contributed by atoms with E-state index in [2.05, 4.69) is 6.92 Å². The van der Waals surface area contributed by atoms with Crippen molar-refractivity contribution in [2.24, 2.45) is 0 Å². The number of benzene rings is 2. The molecule has 0 N–H and O–H groups in total. The highest BCUT2D eigenvalue weighted by molar-refractivity contribution is 7.99. The molecule has 2 heterocycles. The quantitative estimate of drug-likeness (QED) is 0.286. The molecule has 186 valence electrons. The van der Waals surface area contributed by atoms with Gasteiger partial charge in [-0.1, -0.05) is 30.7 Å². The number of aromatic nitrogens is 1. The summed E-state index contributed by atoms with van der Waals surface area (Å²) in [5.41, 5.74) is 2.31. The minimum atomic E-state index is -0.00630. The number of hydrogen-bond acceptors (Lipinski definition) is 6. The average Bonchev–Trinajstić information content (AvgIpc) is 3.55. The number of rotatable bonds is 10. The number of ether oxygens (including phenoxy) is 2. The largest absolute Gasteiger partial charge is 0.433 e. The van der Waals surface area contributed by atoms with Gasteiger partial charge in [-0.15, -0.1) is 0 Å². The van der Waals surface area contributed by atoms with Gasteiger partial charge in [-0.05, 0) is 67.9 Å². The van der Waals surface area contributed by atoms with Crippen LogP contribution in [0.25, 0.3) is 11.3 Å². The van der Waals surface area contributed by atoms with Crippen LogP contribution in [0.5, 0.6) is 0 Å². The molecular weight excluding hydrogens is 484 g/mol. The van der Waals surface area contributed by atoms with Gasteiger partial charge in [0.25, 0.3) is 5.91 Å². The van der Waals surface area contributed by atoms with Crippen LogP contribution in [0.2, 0.25) is 5.02 Å². The SMILES string of the molecule is CCOCCC(C)c1nc(-c2ccc(C(=O)N(C)C3CCOC3)cc2)c(Sc2ccc(Cl)cc2)o1. The molecule has 0 spiro atoms. The Bertz CT molecular complexity index is 1110. The van der Waals surface area contributed by atoms with Gasteiger partial charge in [0.1, 0.15) is 5.69 Å². The highest BCUT2D eigenvalue weighted by Crippen LogP contribution is 2.39. The highest BCUT2D eigenvalue weighted by atomic mass is 35.5. The third kappa shape index (κ3) is 6.47. The molecule has 8 heteroatoms. The maximum atomic E-state index is 12.9. The molecule has 1 saturated heterocycles. The Balaban J connectivity index is 1.58. The number of carbonyl (C=O) groups excluding carboxylic acids is 1. The summed E-state index contributed by atoms with van der Waals surface area (Å²) in [6.07, 6.45) is 1.69. The summed E-state index contributed by atoms with van der Waals surface area (Å²) in [6, 6.07) is 15.3. The van der Waals surface area contributed by atoms with Gasteiger partial charge in [-0.3, -0.25) is 4.79 Å². The lowest BCUT2D eigenvalue weighted by atomic mass is 10.1. The first-order chi connectivity index (χ1) is 17.0. The van der Waals surface area contributed by atoms with E-state index in [-0.39, 0.29) is 17.9 Å². The Hall–Kier alpha value is -2.32. The topological polar surface area (TPSA) is 64.8 Å². The van der Waals surface area contributed by atoms with E-state index in [4.69, 9.17) is 30.5 Å². The number of hydrogen-bond donors (Lipinski definition) is 0. The van der Waals surface area contributed by atoms with Gasteiger partial charge in [-0.2, -0.15) is 0 Å². The van der Waals surface area contributed by atoms with E-state index in [0.717, 1.165) is 29.0 Å². The second-order valence-electron chi connectivity index (χ2n) is 8.64. The fraction of sp³-hybridized carbons (Fsp3) is 0.407. The van der Waals surface area contributed by atoms with Crippen LogP contribution in [0.3, 0.4) is 0 Å². The van der Waals surface area contributed by atoms with Gasteiger partial charge in [-0.25, -0.2) is 4.98 Å². The van der Waals surface area contributed by atoms with Gasteiger partial charge >= 0.3 is 0 Å². The number of nitrogens with zero attached hydrogens (tertiary/aromatic N) is 2. The lowest BCUT2D eigenvalue weighted by Crippen LogP contribution is -2.37. The fourth-order valence-corrected chi connectivity index (χ4v) is 4.89. The van der Waals surface area contributed by atoms with Crippen LogP contribution in [-0.2, 0) is 9.47 Å². The van der Waals surface area contributed by atoms with Gasteiger partial charge in [0.05, 0.1) is 12.6 Å². The molecule has 0 bridgehead atoms. The van der Waals surface area contributed by atoms with E-state index in [1.807, 2.05) is 62.5 Å². The Morgan fingerprint density at radius 3 is 2.63 bits per heavy atom. The molecule has 6 nitrogen and oxygen atoms in total. The van der Waals surface area contributed by atoms with Crippen LogP contribution in [0, 0.1) is 0 Å². The minimum Gasteiger partial charge on any atom is -0.433 e. The number of carbonyl (C=O) groups is 1. The van der Waals surface area contributed by atoms with E-state index < -0.39 is 0 Å². The molecule has 1 aliphatic rings. The first-order valence-electron chi connectivity index (χ1n) is 11.9. The zero-order chi connectivity index (χ0) is 24.8. The van der Waals surface area contributed by atoms with E-state index >= 15 is 0 Å². The van der Waals surface area contributed by atoms with Crippen molar-refractivity contribution in [2.75, 3.05) is 33.5 Å². The van der Waals surface area contributed by atoms with Crippen LogP contribution in [-0.4, -0.2) is 55.3 Å². The lowest BCUT2D eigenvalue weighted by Gasteiger charge is -2.23. The summed E-state index contributed by atoms with van der Waals surface area (Å²) >= 11 is 7.57. The third-order valence-corrected chi connectivity index (χ3v) is 7.36.